The summed E-state index contributed by atoms with van der Waals surface area (Å²) >= 11 is 7.28. The molecule has 0 saturated heterocycles. The smallest absolute Gasteiger partial charge is 0.160 e. The van der Waals surface area contributed by atoms with Gasteiger partial charge in [0, 0.05) is 23.2 Å². The van der Waals surface area contributed by atoms with Crippen LogP contribution in [-0.4, -0.2) is 33.2 Å². The molecule has 1 saturated carbocycles. The minimum atomic E-state index is 0.633. The number of alkyl halides is 1. The van der Waals surface area contributed by atoms with Gasteiger partial charge in [0.05, 0.1) is 6.54 Å². The van der Waals surface area contributed by atoms with E-state index in [4.69, 9.17) is 4.99 Å². The SMILES string of the molecule is BrCC1CN=C(N(Cc2ccsc2)C2CC2)S1. The van der Waals surface area contributed by atoms with Crippen molar-refractivity contribution in [3.05, 3.63) is 22.4 Å². The number of aliphatic imine (C=N–C) groups is 1. The zero-order valence-corrected chi connectivity index (χ0v) is 12.7. The summed E-state index contributed by atoms with van der Waals surface area (Å²) in [5, 5.41) is 7.35. The van der Waals surface area contributed by atoms with Crippen LogP contribution in [0.15, 0.2) is 21.8 Å². The average Bonchev–Trinajstić information content (AvgIpc) is 2.88. The van der Waals surface area contributed by atoms with Crippen LogP contribution < -0.4 is 0 Å². The van der Waals surface area contributed by atoms with Crippen LogP contribution in [0.25, 0.3) is 0 Å². The Labute approximate surface area is 119 Å². The second kappa shape index (κ2) is 5.33. The summed E-state index contributed by atoms with van der Waals surface area (Å²) in [6.07, 6.45) is 2.67. The van der Waals surface area contributed by atoms with Gasteiger partial charge in [0.1, 0.15) is 0 Å². The van der Waals surface area contributed by atoms with Crippen molar-refractivity contribution in [3.63, 3.8) is 0 Å². The Kier molecular flexibility index (Phi) is 3.78. The van der Waals surface area contributed by atoms with E-state index in [1.54, 1.807) is 11.3 Å². The van der Waals surface area contributed by atoms with Crippen LogP contribution in [0, 0.1) is 0 Å². The summed E-state index contributed by atoms with van der Waals surface area (Å²) in [5.74, 6) is 0. The lowest BCUT2D eigenvalue weighted by Crippen LogP contribution is -2.29. The maximum Gasteiger partial charge on any atom is 0.160 e. The molecule has 5 heteroatoms. The number of nitrogens with zero attached hydrogens (tertiary/aromatic N) is 2. The molecule has 2 aliphatic rings. The van der Waals surface area contributed by atoms with Crippen molar-refractivity contribution in [3.8, 4) is 0 Å². The molecule has 1 atom stereocenters. The first-order valence-corrected chi connectivity index (χ1v) is 8.86. The fraction of sp³-hybridized carbons (Fsp3) is 0.583. The molecule has 0 radical (unpaired) electrons. The van der Waals surface area contributed by atoms with Crippen LogP contribution in [0.4, 0.5) is 0 Å². The Balaban J connectivity index is 1.68. The lowest BCUT2D eigenvalue weighted by molar-refractivity contribution is 0.411. The molecule has 2 nitrogen and oxygen atoms in total. The van der Waals surface area contributed by atoms with Gasteiger partial charge in [-0.05, 0) is 35.2 Å². The third-order valence-corrected chi connectivity index (χ3v) is 6.21. The maximum atomic E-state index is 4.71. The average molecular weight is 331 g/mol. The van der Waals surface area contributed by atoms with Gasteiger partial charge in [-0.25, -0.2) is 0 Å². The van der Waals surface area contributed by atoms with Gasteiger partial charge in [-0.2, -0.15) is 11.3 Å². The standard InChI is InChI=1S/C12H15BrN2S2/c13-5-11-6-14-12(17-11)15(10-1-2-10)7-9-3-4-16-8-9/h3-4,8,10-11H,1-2,5-7H2. The van der Waals surface area contributed by atoms with Gasteiger partial charge in [-0.1, -0.05) is 27.7 Å². The number of rotatable bonds is 4. The van der Waals surface area contributed by atoms with Crippen molar-refractivity contribution in [2.24, 2.45) is 4.99 Å². The predicted octanol–water partition coefficient (Wildman–Crippen LogP) is 3.58. The van der Waals surface area contributed by atoms with Gasteiger partial charge in [0.25, 0.3) is 0 Å². The van der Waals surface area contributed by atoms with E-state index < -0.39 is 0 Å². The normalized spacial score (nSPS) is 23.8. The fourth-order valence-corrected chi connectivity index (χ4v) is 4.23. The van der Waals surface area contributed by atoms with E-state index in [1.807, 2.05) is 11.8 Å². The summed E-state index contributed by atoms with van der Waals surface area (Å²) in [6, 6.07) is 2.97. The van der Waals surface area contributed by atoms with Gasteiger partial charge < -0.3 is 4.90 Å². The predicted molar refractivity (Wildman–Crippen MR) is 80.4 cm³/mol. The highest BCUT2D eigenvalue weighted by Crippen LogP contribution is 2.35. The van der Waals surface area contributed by atoms with Crippen molar-refractivity contribution in [1.82, 2.24) is 4.90 Å². The Hall–Kier alpha value is -0.000000000000000111. The molecule has 3 rings (SSSR count). The van der Waals surface area contributed by atoms with Gasteiger partial charge in [0.2, 0.25) is 0 Å². The second-order valence-corrected chi connectivity index (χ2v) is 7.20. The minimum Gasteiger partial charge on any atom is -0.344 e. The van der Waals surface area contributed by atoms with E-state index in [-0.39, 0.29) is 0 Å². The molecule has 0 bridgehead atoms. The van der Waals surface area contributed by atoms with Crippen LogP contribution in [-0.2, 0) is 6.54 Å². The van der Waals surface area contributed by atoms with Crippen molar-refractivity contribution in [1.29, 1.82) is 0 Å². The van der Waals surface area contributed by atoms with Gasteiger partial charge in [-0.3, -0.25) is 4.99 Å². The topological polar surface area (TPSA) is 15.6 Å². The molecule has 1 aliphatic heterocycles. The number of thiophene rings is 1. The summed E-state index contributed by atoms with van der Waals surface area (Å²) in [6.45, 7) is 2.01. The molecule has 0 N–H and O–H groups in total. The molecule has 1 aromatic heterocycles. The molecule has 1 aliphatic carbocycles. The number of hydrogen-bond acceptors (Lipinski definition) is 4. The van der Waals surface area contributed by atoms with Gasteiger partial charge >= 0.3 is 0 Å². The molecular weight excluding hydrogens is 316 g/mol. The summed E-state index contributed by atoms with van der Waals surface area (Å²) in [7, 11) is 0. The van der Waals surface area contributed by atoms with Crippen molar-refractivity contribution in [2.45, 2.75) is 30.7 Å². The van der Waals surface area contributed by atoms with E-state index in [9.17, 15) is 0 Å². The van der Waals surface area contributed by atoms with E-state index >= 15 is 0 Å². The summed E-state index contributed by atoms with van der Waals surface area (Å²) in [5.41, 5.74) is 1.42. The van der Waals surface area contributed by atoms with Gasteiger partial charge in [-0.15, -0.1) is 0 Å². The maximum absolute atomic E-state index is 4.71. The fourth-order valence-electron chi connectivity index (χ4n) is 1.96. The molecule has 0 aromatic carbocycles. The van der Waals surface area contributed by atoms with Crippen LogP contribution in [0.3, 0.4) is 0 Å². The van der Waals surface area contributed by atoms with E-state index in [2.05, 4.69) is 37.7 Å². The molecule has 0 spiro atoms. The highest BCUT2D eigenvalue weighted by atomic mass is 79.9. The first kappa shape index (κ1) is 12.1. The quantitative estimate of drug-likeness (QED) is 0.784. The lowest BCUT2D eigenvalue weighted by atomic mass is 10.3. The molecule has 1 unspecified atom stereocenters. The van der Waals surface area contributed by atoms with Crippen LogP contribution in [0.2, 0.25) is 0 Å². The highest BCUT2D eigenvalue weighted by molar-refractivity contribution is 9.09. The monoisotopic (exact) mass is 330 g/mol. The molecule has 17 heavy (non-hydrogen) atoms. The Morgan fingerprint density at radius 3 is 2.94 bits per heavy atom. The van der Waals surface area contributed by atoms with Crippen molar-refractivity contribution < 1.29 is 0 Å². The first-order valence-electron chi connectivity index (χ1n) is 5.91. The Morgan fingerprint density at radius 2 is 2.35 bits per heavy atom. The first-order chi connectivity index (χ1) is 8.36. The largest absolute Gasteiger partial charge is 0.344 e. The Morgan fingerprint density at radius 1 is 1.47 bits per heavy atom. The molecule has 1 aromatic rings. The lowest BCUT2D eigenvalue weighted by Gasteiger charge is -2.23. The molecule has 1 fully saturated rings. The number of thioether (sulfide) groups is 1. The van der Waals surface area contributed by atoms with E-state index in [0.29, 0.717) is 5.25 Å². The van der Waals surface area contributed by atoms with Crippen LogP contribution in [0.1, 0.15) is 18.4 Å². The van der Waals surface area contributed by atoms with E-state index in [0.717, 1.165) is 24.5 Å². The molecule has 0 amide bonds. The van der Waals surface area contributed by atoms with Gasteiger partial charge in [0.15, 0.2) is 5.17 Å². The molecule has 2 heterocycles. The van der Waals surface area contributed by atoms with Crippen molar-refractivity contribution in [2.75, 3.05) is 11.9 Å². The van der Waals surface area contributed by atoms with Crippen molar-refractivity contribution >= 4 is 44.2 Å². The number of halogens is 1. The second-order valence-electron chi connectivity index (χ2n) is 4.51. The summed E-state index contributed by atoms with van der Waals surface area (Å²) in [4.78, 5) is 7.22. The van der Waals surface area contributed by atoms with Crippen LogP contribution in [0.5, 0.6) is 0 Å². The zero-order valence-electron chi connectivity index (χ0n) is 9.51. The van der Waals surface area contributed by atoms with E-state index in [1.165, 1.54) is 23.6 Å². The summed E-state index contributed by atoms with van der Waals surface area (Å²) < 4.78 is 0. The number of hydrogen-bond donors (Lipinski definition) is 0. The zero-order chi connectivity index (χ0) is 11.7. The molecular formula is C12H15BrN2S2. The molecule has 92 valence electrons. The Bertz CT molecular complexity index is 401. The number of amidine groups is 1. The third kappa shape index (κ3) is 2.88. The minimum absolute atomic E-state index is 0.633. The van der Waals surface area contributed by atoms with Crippen LogP contribution >= 0.6 is 39.0 Å². The third-order valence-electron chi connectivity index (χ3n) is 3.04. The highest BCUT2D eigenvalue weighted by Gasteiger charge is 2.34.